The number of pyridine rings is 1. The fourth-order valence-electron chi connectivity index (χ4n) is 3.24. The van der Waals surface area contributed by atoms with Crippen LogP contribution < -0.4 is 4.90 Å². The van der Waals surface area contributed by atoms with Gasteiger partial charge in [-0.3, -0.25) is 4.79 Å². The molecule has 5 heterocycles. The van der Waals surface area contributed by atoms with E-state index in [4.69, 9.17) is 4.42 Å². The molecule has 0 unspecified atom stereocenters. The molecular formula is C19H17N5O2S2. The Hall–Kier alpha value is -2.78. The van der Waals surface area contributed by atoms with Crippen LogP contribution in [0.15, 0.2) is 41.1 Å². The van der Waals surface area contributed by atoms with Gasteiger partial charge in [-0.05, 0) is 31.2 Å². The number of aromatic nitrogens is 3. The van der Waals surface area contributed by atoms with Crippen LogP contribution in [0.3, 0.4) is 0 Å². The molecule has 1 aliphatic rings. The summed E-state index contributed by atoms with van der Waals surface area (Å²) in [5, 5.41) is 1.71. The van der Waals surface area contributed by atoms with E-state index in [-0.39, 0.29) is 5.91 Å². The molecule has 1 aliphatic heterocycles. The van der Waals surface area contributed by atoms with E-state index in [0.717, 1.165) is 38.5 Å². The van der Waals surface area contributed by atoms with Crippen LogP contribution in [0, 0.1) is 6.92 Å². The average molecular weight is 412 g/mol. The van der Waals surface area contributed by atoms with Crippen LogP contribution >= 0.6 is 22.7 Å². The van der Waals surface area contributed by atoms with E-state index in [2.05, 4.69) is 19.9 Å². The van der Waals surface area contributed by atoms with Crippen molar-refractivity contribution < 1.29 is 9.21 Å². The minimum Gasteiger partial charge on any atom is -0.462 e. The second kappa shape index (κ2) is 6.99. The summed E-state index contributed by atoms with van der Waals surface area (Å²) >= 11 is 3.08. The Kier molecular flexibility index (Phi) is 4.33. The van der Waals surface area contributed by atoms with Crippen molar-refractivity contribution in [2.45, 2.75) is 6.92 Å². The lowest BCUT2D eigenvalue weighted by molar-refractivity contribution is 0.0741. The lowest BCUT2D eigenvalue weighted by Crippen LogP contribution is -2.49. The van der Waals surface area contributed by atoms with Gasteiger partial charge >= 0.3 is 0 Å². The van der Waals surface area contributed by atoms with Crippen molar-refractivity contribution in [3.8, 4) is 10.8 Å². The van der Waals surface area contributed by atoms with Gasteiger partial charge in [0, 0.05) is 37.3 Å². The summed E-state index contributed by atoms with van der Waals surface area (Å²) < 4.78 is 5.41. The van der Waals surface area contributed by atoms with Crippen molar-refractivity contribution in [1.82, 2.24) is 19.9 Å². The maximum absolute atomic E-state index is 13.0. The largest absolute Gasteiger partial charge is 0.462 e. The highest BCUT2D eigenvalue weighted by Crippen LogP contribution is 2.30. The molecule has 1 amide bonds. The summed E-state index contributed by atoms with van der Waals surface area (Å²) in [5.74, 6) is 0.679. The molecule has 0 spiro atoms. The zero-order chi connectivity index (χ0) is 19.1. The van der Waals surface area contributed by atoms with Gasteiger partial charge in [-0.15, -0.1) is 11.3 Å². The second-order valence-electron chi connectivity index (χ2n) is 6.50. The van der Waals surface area contributed by atoms with Crippen molar-refractivity contribution >= 4 is 44.1 Å². The molecule has 0 aromatic carbocycles. The molecule has 0 radical (unpaired) electrons. The quantitative estimate of drug-likeness (QED) is 0.512. The molecule has 0 atom stereocenters. The van der Waals surface area contributed by atoms with Gasteiger partial charge in [0.1, 0.15) is 16.0 Å². The number of carbonyl (C=O) groups excluding carboxylic acids is 1. The highest BCUT2D eigenvalue weighted by atomic mass is 32.1. The van der Waals surface area contributed by atoms with Gasteiger partial charge in [0.2, 0.25) is 0 Å². The Morgan fingerprint density at radius 3 is 2.71 bits per heavy atom. The Labute approximate surface area is 169 Å². The molecule has 28 heavy (non-hydrogen) atoms. The van der Waals surface area contributed by atoms with Crippen LogP contribution in [-0.2, 0) is 0 Å². The van der Waals surface area contributed by atoms with Gasteiger partial charge in [-0.1, -0.05) is 11.3 Å². The van der Waals surface area contributed by atoms with Crippen LogP contribution in [0.2, 0.25) is 0 Å². The number of thiazole rings is 2. The number of rotatable bonds is 3. The maximum atomic E-state index is 13.0. The molecule has 0 saturated carbocycles. The van der Waals surface area contributed by atoms with E-state index >= 15 is 0 Å². The molecule has 142 valence electrons. The first-order valence-corrected chi connectivity index (χ1v) is 10.6. The molecule has 0 N–H and O–H groups in total. The minimum absolute atomic E-state index is 0.0165. The number of hydrogen-bond donors (Lipinski definition) is 0. The summed E-state index contributed by atoms with van der Waals surface area (Å²) in [6.07, 6.45) is 3.40. The molecule has 4 aromatic heterocycles. The van der Waals surface area contributed by atoms with Gasteiger partial charge < -0.3 is 14.2 Å². The maximum Gasteiger partial charge on any atom is 0.273 e. The predicted molar refractivity (Wildman–Crippen MR) is 110 cm³/mol. The van der Waals surface area contributed by atoms with Crippen LogP contribution in [0.25, 0.3) is 21.1 Å². The summed E-state index contributed by atoms with van der Waals surface area (Å²) in [4.78, 5) is 32.5. The first kappa shape index (κ1) is 17.3. The first-order valence-electron chi connectivity index (χ1n) is 8.96. The molecule has 0 aliphatic carbocycles. The highest BCUT2D eigenvalue weighted by Gasteiger charge is 2.27. The number of anilines is 1. The summed E-state index contributed by atoms with van der Waals surface area (Å²) in [7, 11) is 0. The van der Waals surface area contributed by atoms with Crippen molar-refractivity contribution in [2.24, 2.45) is 0 Å². The monoisotopic (exact) mass is 411 g/mol. The lowest BCUT2D eigenvalue weighted by Gasteiger charge is -2.34. The first-order chi connectivity index (χ1) is 13.7. The summed E-state index contributed by atoms with van der Waals surface area (Å²) in [6.45, 7) is 4.73. The molecule has 1 saturated heterocycles. The zero-order valence-electron chi connectivity index (χ0n) is 15.2. The SMILES string of the molecule is Cc1sc(-c2ccco2)nc1C(=O)N1CCN(c2nc3cccnc3s2)CC1. The molecule has 9 heteroatoms. The molecule has 5 rings (SSSR count). The predicted octanol–water partition coefficient (Wildman–Crippen LogP) is 3.68. The summed E-state index contributed by atoms with van der Waals surface area (Å²) in [5.41, 5.74) is 1.44. The standard InChI is InChI=1S/C19H17N5O2S2/c1-12-15(22-17(27-12)14-5-3-11-26-14)18(25)23-7-9-24(10-8-23)19-21-13-4-2-6-20-16(13)28-19/h2-6,11H,7-10H2,1H3. The molecule has 0 bridgehead atoms. The van der Waals surface area contributed by atoms with Gasteiger partial charge in [-0.25, -0.2) is 15.0 Å². The third-order valence-corrected chi connectivity index (χ3v) is 6.75. The second-order valence-corrected chi connectivity index (χ2v) is 8.66. The normalized spacial score (nSPS) is 14.8. The van der Waals surface area contributed by atoms with Crippen molar-refractivity contribution in [2.75, 3.05) is 31.1 Å². The Morgan fingerprint density at radius 2 is 1.96 bits per heavy atom. The van der Waals surface area contributed by atoms with Gasteiger partial charge in [-0.2, -0.15) is 0 Å². The number of carbonyl (C=O) groups is 1. The third-order valence-electron chi connectivity index (χ3n) is 4.72. The van der Waals surface area contributed by atoms with E-state index in [1.54, 1.807) is 23.8 Å². The van der Waals surface area contributed by atoms with Crippen molar-refractivity contribution in [1.29, 1.82) is 0 Å². The van der Waals surface area contributed by atoms with E-state index < -0.39 is 0 Å². The Balaban J connectivity index is 1.29. The smallest absolute Gasteiger partial charge is 0.273 e. The van der Waals surface area contributed by atoms with Gasteiger partial charge in [0.25, 0.3) is 5.91 Å². The van der Waals surface area contributed by atoms with E-state index in [1.165, 1.54) is 11.3 Å². The van der Waals surface area contributed by atoms with E-state index in [1.807, 2.05) is 36.1 Å². The average Bonchev–Trinajstić information content (AvgIpc) is 3.46. The van der Waals surface area contributed by atoms with Crippen LogP contribution in [-0.4, -0.2) is 51.9 Å². The topological polar surface area (TPSA) is 75.4 Å². The minimum atomic E-state index is -0.0165. The van der Waals surface area contributed by atoms with Crippen molar-refractivity contribution in [3.05, 3.63) is 47.3 Å². The lowest BCUT2D eigenvalue weighted by atomic mass is 10.2. The number of amides is 1. The number of furan rings is 1. The van der Waals surface area contributed by atoms with Crippen LogP contribution in [0.4, 0.5) is 5.13 Å². The number of aryl methyl sites for hydroxylation is 1. The molecular weight excluding hydrogens is 394 g/mol. The molecule has 4 aromatic rings. The number of nitrogens with zero attached hydrogens (tertiary/aromatic N) is 5. The molecule has 7 nitrogen and oxygen atoms in total. The number of fused-ring (bicyclic) bond motifs is 1. The number of hydrogen-bond acceptors (Lipinski definition) is 8. The van der Waals surface area contributed by atoms with E-state index in [9.17, 15) is 4.79 Å². The Morgan fingerprint density at radius 1 is 1.11 bits per heavy atom. The fraction of sp³-hybridized carbons (Fsp3) is 0.263. The third kappa shape index (κ3) is 3.06. The molecule has 1 fully saturated rings. The summed E-state index contributed by atoms with van der Waals surface area (Å²) in [6, 6.07) is 7.56. The van der Waals surface area contributed by atoms with Crippen molar-refractivity contribution in [3.63, 3.8) is 0 Å². The van der Waals surface area contributed by atoms with Crippen LogP contribution in [0.5, 0.6) is 0 Å². The fourth-order valence-corrected chi connectivity index (χ4v) is 5.08. The van der Waals surface area contributed by atoms with Crippen LogP contribution in [0.1, 0.15) is 15.4 Å². The zero-order valence-corrected chi connectivity index (χ0v) is 16.8. The van der Waals surface area contributed by atoms with E-state index in [0.29, 0.717) is 24.5 Å². The van der Waals surface area contributed by atoms with Gasteiger partial charge in [0.15, 0.2) is 15.9 Å². The highest BCUT2D eigenvalue weighted by molar-refractivity contribution is 7.21. The Bertz CT molecular complexity index is 1090. The van der Waals surface area contributed by atoms with Gasteiger partial charge in [0.05, 0.1) is 6.26 Å². The number of piperazine rings is 1.